The van der Waals surface area contributed by atoms with Gasteiger partial charge in [-0.25, -0.2) is 4.98 Å². The Kier molecular flexibility index (Phi) is 6.45. The highest BCUT2D eigenvalue weighted by molar-refractivity contribution is 5.46. The van der Waals surface area contributed by atoms with E-state index in [1.54, 1.807) is 0 Å². The molecule has 0 saturated carbocycles. The molecular formula is C14H25N3. The second-order valence-electron chi connectivity index (χ2n) is 4.44. The van der Waals surface area contributed by atoms with Crippen LogP contribution in [0, 0.1) is 0 Å². The zero-order chi connectivity index (χ0) is 12.5. The fraction of sp³-hybridized carbons (Fsp3) is 0.643. The first-order valence-corrected chi connectivity index (χ1v) is 6.70. The number of unbranched alkanes of at least 4 members (excludes halogenated alkanes) is 2. The van der Waals surface area contributed by atoms with Gasteiger partial charge in [0, 0.05) is 20.1 Å². The molecule has 3 nitrogen and oxygen atoms in total. The quantitative estimate of drug-likeness (QED) is 0.699. The van der Waals surface area contributed by atoms with Crippen molar-refractivity contribution in [2.45, 2.75) is 39.5 Å². The predicted molar refractivity (Wildman–Crippen MR) is 75.8 cm³/mol. The van der Waals surface area contributed by atoms with Crippen molar-refractivity contribution >= 4 is 11.6 Å². The maximum atomic E-state index is 4.60. The van der Waals surface area contributed by atoms with E-state index in [0.717, 1.165) is 31.1 Å². The number of hydrogen-bond acceptors (Lipinski definition) is 3. The third-order valence-corrected chi connectivity index (χ3v) is 2.78. The van der Waals surface area contributed by atoms with E-state index in [2.05, 4.69) is 48.2 Å². The molecule has 0 radical (unpaired) electrons. The third kappa shape index (κ3) is 5.07. The molecule has 1 aromatic rings. The lowest BCUT2D eigenvalue weighted by atomic mass is 10.2. The molecule has 0 aliphatic carbocycles. The Morgan fingerprint density at radius 2 is 2.00 bits per heavy atom. The molecule has 0 atom stereocenters. The van der Waals surface area contributed by atoms with Gasteiger partial charge in [0.25, 0.3) is 0 Å². The van der Waals surface area contributed by atoms with Gasteiger partial charge in [-0.15, -0.1) is 0 Å². The second-order valence-corrected chi connectivity index (χ2v) is 4.44. The first-order valence-electron chi connectivity index (χ1n) is 6.70. The third-order valence-electron chi connectivity index (χ3n) is 2.78. The summed E-state index contributed by atoms with van der Waals surface area (Å²) in [5.41, 5.74) is 0. The van der Waals surface area contributed by atoms with Crippen LogP contribution in [0.15, 0.2) is 18.2 Å². The SMILES string of the molecule is CCCCCN(C)c1cccc(NCCC)n1. The first-order chi connectivity index (χ1) is 8.27. The van der Waals surface area contributed by atoms with E-state index < -0.39 is 0 Å². The normalized spacial score (nSPS) is 10.3. The fourth-order valence-electron chi connectivity index (χ4n) is 1.70. The van der Waals surface area contributed by atoms with Gasteiger partial charge >= 0.3 is 0 Å². The molecule has 0 fully saturated rings. The Morgan fingerprint density at radius 3 is 2.71 bits per heavy atom. The molecule has 1 rings (SSSR count). The van der Waals surface area contributed by atoms with Gasteiger partial charge in [0.1, 0.15) is 11.6 Å². The minimum Gasteiger partial charge on any atom is -0.370 e. The highest BCUT2D eigenvalue weighted by atomic mass is 15.2. The predicted octanol–water partition coefficient (Wildman–Crippen LogP) is 3.53. The van der Waals surface area contributed by atoms with E-state index in [-0.39, 0.29) is 0 Å². The van der Waals surface area contributed by atoms with E-state index >= 15 is 0 Å². The Balaban J connectivity index is 2.51. The number of pyridine rings is 1. The molecule has 0 bridgehead atoms. The van der Waals surface area contributed by atoms with E-state index in [0.29, 0.717) is 0 Å². The number of rotatable bonds is 8. The molecule has 0 amide bonds. The average Bonchev–Trinajstić information content (AvgIpc) is 2.37. The summed E-state index contributed by atoms with van der Waals surface area (Å²) in [5, 5.41) is 3.32. The maximum Gasteiger partial charge on any atom is 0.130 e. The smallest absolute Gasteiger partial charge is 0.130 e. The molecule has 3 heteroatoms. The highest BCUT2D eigenvalue weighted by Crippen LogP contribution is 2.13. The van der Waals surface area contributed by atoms with Crippen molar-refractivity contribution < 1.29 is 0 Å². The summed E-state index contributed by atoms with van der Waals surface area (Å²) >= 11 is 0. The molecule has 0 aliphatic heterocycles. The Bertz CT molecular complexity index is 312. The topological polar surface area (TPSA) is 28.2 Å². The highest BCUT2D eigenvalue weighted by Gasteiger charge is 2.02. The lowest BCUT2D eigenvalue weighted by Crippen LogP contribution is -2.20. The van der Waals surface area contributed by atoms with Crippen molar-refractivity contribution in [2.75, 3.05) is 30.4 Å². The van der Waals surface area contributed by atoms with E-state index in [9.17, 15) is 0 Å². The zero-order valence-electron chi connectivity index (χ0n) is 11.4. The summed E-state index contributed by atoms with van der Waals surface area (Å²) in [6, 6.07) is 6.17. The van der Waals surface area contributed by atoms with Crippen molar-refractivity contribution in [3.05, 3.63) is 18.2 Å². The molecule has 1 aromatic heterocycles. The largest absolute Gasteiger partial charge is 0.370 e. The van der Waals surface area contributed by atoms with Crippen LogP contribution in [-0.2, 0) is 0 Å². The molecule has 0 unspecified atom stereocenters. The lowest BCUT2D eigenvalue weighted by Gasteiger charge is -2.18. The fourth-order valence-corrected chi connectivity index (χ4v) is 1.70. The molecule has 1 heterocycles. The van der Waals surface area contributed by atoms with Crippen LogP contribution in [0.2, 0.25) is 0 Å². The molecule has 1 N–H and O–H groups in total. The van der Waals surface area contributed by atoms with Crippen LogP contribution in [0.4, 0.5) is 11.6 Å². The van der Waals surface area contributed by atoms with E-state index in [4.69, 9.17) is 0 Å². The minimum atomic E-state index is 0.978. The van der Waals surface area contributed by atoms with Gasteiger partial charge in [-0.2, -0.15) is 0 Å². The van der Waals surface area contributed by atoms with Crippen LogP contribution in [0.5, 0.6) is 0 Å². The summed E-state index contributed by atoms with van der Waals surface area (Å²) in [6.45, 7) is 6.45. The van der Waals surface area contributed by atoms with Gasteiger partial charge in [0.05, 0.1) is 0 Å². The first kappa shape index (κ1) is 13.8. The molecule has 0 aromatic carbocycles. The summed E-state index contributed by atoms with van der Waals surface area (Å²) in [7, 11) is 2.11. The van der Waals surface area contributed by atoms with Gasteiger partial charge in [-0.3, -0.25) is 0 Å². The lowest BCUT2D eigenvalue weighted by molar-refractivity contribution is 0.701. The Hall–Kier alpha value is -1.25. The van der Waals surface area contributed by atoms with E-state index in [1.165, 1.54) is 19.3 Å². The number of aromatic nitrogens is 1. The van der Waals surface area contributed by atoms with Crippen LogP contribution in [0.3, 0.4) is 0 Å². The van der Waals surface area contributed by atoms with Crippen molar-refractivity contribution in [1.29, 1.82) is 0 Å². The minimum absolute atomic E-state index is 0.978. The Labute approximate surface area is 105 Å². The summed E-state index contributed by atoms with van der Waals surface area (Å²) < 4.78 is 0. The van der Waals surface area contributed by atoms with Gasteiger partial charge < -0.3 is 10.2 Å². The summed E-state index contributed by atoms with van der Waals surface area (Å²) in [6.07, 6.45) is 4.91. The second kappa shape index (κ2) is 7.93. The Morgan fingerprint density at radius 1 is 1.18 bits per heavy atom. The number of hydrogen-bond donors (Lipinski definition) is 1. The van der Waals surface area contributed by atoms with Gasteiger partial charge in [0.2, 0.25) is 0 Å². The molecule has 0 spiro atoms. The average molecular weight is 235 g/mol. The van der Waals surface area contributed by atoms with Gasteiger partial charge in [-0.1, -0.05) is 32.8 Å². The molecule has 0 aliphatic rings. The number of nitrogens with zero attached hydrogens (tertiary/aromatic N) is 2. The van der Waals surface area contributed by atoms with Crippen LogP contribution < -0.4 is 10.2 Å². The summed E-state index contributed by atoms with van der Waals surface area (Å²) in [4.78, 5) is 6.83. The van der Waals surface area contributed by atoms with Crippen LogP contribution >= 0.6 is 0 Å². The monoisotopic (exact) mass is 235 g/mol. The van der Waals surface area contributed by atoms with Gasteiger partial charge in [-0.05, 0) is 25.0 Å². The number of nitrogens with one attached hydrogen (secondary N) is 1. The van der Waals surface area contributed by atoms with Crippen LogP contribution in [0.1, 0.15) is 39.5 Å². The van der Waals surface area contributed by atoms with E-state index in [1.807, 2.05) is 6.07 Å². The molecular weight excluding hydrogens is 210 g/mol. The van der Waals surface area contributed by atoms with Crippen molar-refractivity contribution in [2.24, 2.45) is 0 Å². The number of anilines is 2. The van der Waals surface area contributed by atoms with Crippen molar-refractivity contribution in [3.63, 3.8) is 0 Å². The van der Waals surface area contributed by atoms with Crippen LogP contribution in [0.25, 0.3) is 0 Å². The standard InChI is InChI=1S/C14H25N3/c1-4-6-7-12-17(3)14-10-8-9-13(16-14)15-11-5-2/h8-10H,4-7,11-12H2,1-3H3,(H,15,16). The molecule has 96 valence electrons. The molecule has 17 heavy (non-hydrogen) atoms. The zero-order valence-corrected chi connectivity index (χ0v) is 11.4. The van der Waals surface area contributed by atoms with Gasteiger partial charge in [0.15, 0.2) is 0 Å². The van der Waals surface area contributed by atoms with Crippen molar-refractivity contribution in [1.82, 2.24) is 4.98 Å². The van der Waals surface area contributed by atoms with Crippen LogP contribution in [-0.4, -0.2) is 25.1 Å². The molecule has 0 saturated heterocycles. The maximum absolute atomic E-state index is 4.60. The summed E-state index contributed by atoms with van der Waals surface area (Å²) in [5.74, 6) is 2.04. The van der Waals surface area contributed by atoms with Crippen molar-refractivity contribution in [3.8, 4) is 0 Å².